The molecule has 118 valence electrons. The van der Waals surface area contributed by atoms with E-state index in [0.29, 0.717) is 0 Å². The van der Waals surface area contributed by atoms with Gasteiger partial charge in [0.2, 0.25) is 0 Å². The number of nitrogens with one attached hydrogen (secondary N) is 1. The standard InChI is InChI=1S/C17H29N3O/c1-3-18-11-15-10-17(21-14(15)2)13-19-7-5-9-20-8-4-6-16(20)12-19/h10,16,18H,3-9,11-13H2,1-2H3. The Morgan fingerprint density at radius 3 is 3.00 bits per heavy atom. The Labute approximate surface area is 128 Å². The SMILES string of the molecule is CCNCc1cc(CN2CCCN3CCCC3C2)oc1C. The van der Waals surface area contributed by atoms with Gasteiger partial charge < -0.3 is 9.73 Å². The van der Waals surface area contributed by atoms with Crippen LogP contribution < -0.4 is 5.32 Å². The van der Waals surface area contributed by atoms with Gasteiger partial charge in [-0.25, -0.2) is 0 Å². The van der Waals surface area contributed by atoms with Gasteiger partial charge in [-0.1, -0.05) is 6.92 Å². The van der Waals surface area contributed by atoms with Crippen molar-refractivity contribution < 1.29 is 4.42 Å². The van der Waals surface area contributed by atoms with Gasteiger partial charge in [0, 0.05) is 24.7 Å². The summed E-state index contributed by atoms with van der Waals surface area (Å²) in [6.07, 6.45) is 4.05. The highest BCUT2D eigenvalue weighted by Gasteiger charge is 2.28. The summed E-state index contributed by atoms with van der Waals surface area (Å²) in [4.78, 5) is 5.27. The Bertz CT molecular complexity index is 457. The molecular formula is C17H29N3O. The fraction of sp³-hybridized carbons (Fsp3) is 0.765. The van der Waals surface area contributed by atoms with Crippen molar-refractivity contribution in [3.05, 3.63) is 23.2 Å². The van der Waals surface area contributed by atoms with Gasteiger partial charge in [-0.3, -0.25) is 9.80 Å². The van der Waals surface area contributed by atoms with Gasteiger partial charge in [-0.05, 0) is 58.4 Å². The van der Waals surface area contributed by atoms with Crippen LogP contribution in [0.1, 0.15) is 43.3 Å². The summed E-state index contributed by atoms with van der Waals surface area (Å²) in [6.45, 7) is 12.1. The second-order valence-corrected chi connectivity index (χ2v) is 6.50. The summed E-state index contributed by atoms with van der Waals surface area (Å²) < 4.78 is 5.97. The molecule has 0 amide bonds. The molecule has 0 radical (unpaired) electrons. The van der Waals surface area contributed by atoms with Crippen molar-refractivity contribution >= 4 is 0 Å². The minimum atomic E-state index is 0.782. The van der Waals surface area contributed by atoms with Gasteiger partial charge in [0.1, 0.15) is 11.5 Å². The third kappa shape index (κ3) is 3.68. The van der Waals surface area contributed by atoms with E-state index in [9.17, 15) is 0 Å². The lowest BCUT2D eigenvalue weighted by atomic mass is 10.2. The van der Waals surface area contributed by atoms with E-state index in [2.05, 4.69) is 35.0 Å². The maximum atomic E-state index is 5.97. The molecule has 0 saturated carbocycles. The first-order chi connectivity index (χ1) is 10.3. The van der Waals surface area contributed by atoms with Crippen molar-refractivity contribution in [1.29, 1.82) is 0 Å². The van der Waals surface area contributed by atoms with Crippen LogP contribution in [0.15, 0.2) is 10.5 Å². The predicted molar refractivity (Wildman–Crippen MR) is 85.3 cm³/mol. The van der Waals surface area contributed by atoms with Crippen LogP contribution in [-0.2, 0) is 13.1 Å². The molecule has 1 unspecified atom stereocenters. The molecule has 1 aromatic heterocycles. The number of fused-ring (bicyclic) bond motifs is 1. The quantitative estimate of drug-likeness (QED) is 0.902. The van der Waals surface area contributed by atoms with Crippen LogP contribution in [0.4, 0.5) is 0 Å². The normalized spacial score (nSPS) is 24.2. The first-order valence-corrected chi connectivity index (χ1v) is 8.51. The maximum absolute atomic E-state index is 5.97. The van der Waals surface area contributed by atoms with Gasteiger partial charge in [0.05, 0.1) is 6.54 Å². The first kappa shape index (κ1) is 15.1. The van der Waals surface area contributed by atoms with Crippen molar-refractivity contribution in [3.63, 3.8) is 0 Å². The molecule has 0 aromatic carbocycles. The highest BCUT2D eigenvalue weighted by molar-refractivity contribution is 5.20. The number of rotatable bonds is 5. The van der Waals surface area contributed by atoms with Gasteiger partial charge in [0.25, 0.3) is 0 Å². The average Bonchev–Trinajstić information content (AvgIpc) is 2.99. The van der Waals surface area contributed by atoms with Gasteiger partial charge in [-0.2, -0.15) is 0 Å². The van der Waals surface area contributed by atoms with Crippen molar-refractivity contribution in [2.24, 2.45) is 0 Å². The number of hydrogen-bond donors (Lipinski definition) is 1. The fourth-order valence-electron chi connectivity index (χ4n) is 3.75. The van der Waals surface area contributed by atoms with E-state index in [1.807, 2.05) is 0 Å². The fourth-order valence-corrected chi connectivity index (χ4v) is 3.75. The zero-order chi connectivity index (χ0) is 14.7. The molecule has 3 heterocycles. The molecule has 3 rings (SSSR count). The largest absolute Gasteiger partial charge is 0.465 e. The monoisotopic (exact) mass is 291 g/mol. The highest BCUT2D eigenvalue weighted by atomic mass is 16.3. The molecule has 4 nitrogen and oxygen atoms in total. The Morgan fingerprint density at radius 1 is 1.29 bits per heavy atom. The van der Waals surface area contributed by atoms with Crippen LogP contribution in [0.5, 0.6) is 0 Å². The van der Waals surface area contributed by atoms with E-state index >= 15 is 0 Å². The van der Waals surface area contributed by atoms with Crippen LogP contribution in [-0.4, -0.2) is 48.6 Å². The number of nitrogens with zero attached hydrogens (tertiary/aromatic N) is 2. The number of hydrogen-bond acceptors (Lipinski definition) is 4. The molecule has 21 heavy (non-hydrogen) atoms. The zero-order valence-corrected chi connectivity index (χ0v) is 13.5. The van der Waals surface area contributed by atoms with E-state index < -0.39 is 0 Å². The molecule has 1 atom stereocenters. The van der Waals surface area contributed by atoms with Crippen LogP contribution in [0.2, 0.25) is 0 Å². The van der Waals surface area contributed by atoms with E-state index in [-0.39, 0.29) is 0 Å². The summed E-state index contributed by atoms with van der Waals surface area (Å²) >= 11 is 0. The van der Waals surface area contributed by atoms with Crippen molar-refractivity contribution in [2.45, 2.75) is 52.2 Å². The number of aryl methyl sites for hydroxylation is 1. The summed E-state index contributed by atoms with van der Waals surface area (Å²) in [7, 11) is 0. The first-order valence-electron chi connectivity index (χ1n) is 8.51. The molecule has 0 spiro atoms. The number of furan rings is 1. The summed E-state index contributed by atoms with van der Waals surface area (Å²) in [5, 5.41) is 3.38. The Morgan fingerprint density at radius 2 is 2.14 bits per heavy atom. The Balaban J connectivity index is 1.60. The van der Waals surface area contributed by atoms with Gasteiger partial charge in [0.15, 0.2) is 0 Å². The van der Waals surface area contributed by atoms with E-state index in [4.69, 9.17) is 4.42 Å². The molecule has 1 N–H and O–H groups in total. The molecule has 2 aliphatic rings. The Hall–Kier alpha value is -0.840. The Kier molecular flexibility index (Phi) is 4.99. The molecule has 2 aliphatic heterocycles. The molecule has 2 fully saturated rings. The third-order valence-corrected chi connectivity index (χ3v) is 4.90. The smallest absolute Gasteiger partial charge is 0.118 e. The van der Waals surface area contributed by atoms with Crippen LogP contribution in [0.3, 0.4) is 0 Å². The van der Waals surface area contributed by atoms with Crippen LogP contribution >= 0.6 is 0 Å². The van der Waals surface area contributed by atoms with Crippen LogP contribution in [0.25, 0.3) is 0 Å². The van der Waals surface area contributed by atoms with Crippen molar-refractivity contribution in [2.75, 3.05) is 32.7 Å². The average molecular weight is 291 g/mol. The second kappa shape index (κ2) is 6.95. The third-order valence-electron chi connectivity index (χ3n) is 4.90. The van der Waals surface area contributed by atoms with Gasteiger partial charge >= 0.3 is 0 Å². The summed E-state index contributed by atoms with van der Waals surface area (Å²) in [5.74, 6) is 2.20. The van der Waals surface area contributed by atoms with E-state index in [1.165, 1.54) is 51.0 Å². The minimum Gasteiger partial charge on any atom is -0.465 e. The predicted octanol–water partition coefficient (Wildman–Crippen LogP) is 2.37. The zero-order valence-electron chi connectivity index (χ0n) is 13.5. The molecule has 2 saturated heterocycles. The lowest BCUT2D eigenvalue weighted by molar-refractivity contribution is 0.204. The topological polar surface area (TPSA) is 31.6 Å². The van der Waals surface area contributed by atoms with Crippen LogP contribution in [0, 0.1) is 6.92 Å². The van der Waals surface area contributed by atoms with E-state index in [1.54, 1.807) is 0 Å². The molecule has 4 heteroatoms. The highest BCUT2D eigenvalue weighted by Crippen LogP contribution is 2.23. The molecular weight excluding hydrogens is 262 g/mol. The van der Waals surface area contributed by atoms with E-state index in [0.717, 1.165) is 37.2 Å². The maximum Gasteiger partial charge on any atom is 0.118 e. The lowest BCUT2D eigenvalue weighted by Gasteiger charge is -2.24. The molecule has 0 aliphatic carbocycles. The summed E-state index contributed by atoms with van der Waals surface area (Å²) in [5.41, 5.74) is 1.31. The summed E-state index contributed by atoms with van der Waals surface area (Å²) in [6, 6.07) is 3.03. The molecule has 0 bridgehead atoms. The second-order valence-electron chi connectivity index (χ2n) is 6.50. The molecule has 1 aromatic rings. The minimum absolute atomic E-state index is 0.782. The van der Waals surface area contributed by atoms with Crippen molar-refractivity contribution in [1.82, 2.24) is 15.1 Å². The lowest BCUT2D eigenvalue weighted by Crippen LogP contribution is -2.36. The van der Waals surface area contributed by atoms with Gasteiger partial charge in [-0.15, -0.1) is 0 Å². The van der Waals surface area contributed by atoms with Crippen molar-refractivity contribution in [3.8, 4) is 0 Å².